The number of amides is 2. The number of hydrogen-bond donors (Lipinski definition) is 2. The van der Waals surface area contributed by atoms with Crippen LogP contribution in [0.5, 0.6) is 0 Å². The van der Waals surface area contributed by atoms with Crippen LogP contribution >= 0.6 is 0 Å². The first-order chi connectivity index (χ1) is 21.9. The Bertz CT molecular complexity index is 1720. The maximum atomic E-state index is 14.6. The van der Waals surface area contributed by atoms with Gasteiger partial charge in [-0.2, -0.15) is 9.36 Å². The summed E-state index contributed by atoms with van der Waals surface area (Å²) in [6, 6.07) is 35.3. The molecule has 0 aliphatic carbocycles. The van der Waals surface area contributed by atoms with Crippen molar-refractivity contribution in [2.45, 2.75) is 31.3 Å². The molecule has 0 spiro atoms. The van der Waals surface area contributed by atoms with E-state index < -0.39 is 29.2 Å². The molecule has 5 rings (SSSR count). The third kappa shape index (κ3) is 6.71. The van der Waals surface area contributed by atoms with Gasteiger partial charge in [-0.1, -0.05) is 97.1 Å². The van der Waals surface area contributed by atoms with Crippen LogP contribution in [-0.2, 0) is 16.1 Å². The normalized spacial score (nSPS) is 11.8. The lowest BCUT2D eigenvalue weighted by Gasteiger charge is -2.33. The van der Waals surface area contributed by atoms with Gasteiger partial charge in [-0.3, -0.25) is 9.59 Å². The molecule has 0 aliphatic rings. The van der Waals surface area contributed by atoms with Crippen LogP contribution in [0.1, 0.15) is 29.9 Å². The highest BCUT2D eigenvalue weighted by Crippen LogP contribution is 2.28. The fraction of sp³-hybridized carbons (Fsp3) is 0.200. The Labute approximate surface area is 260 Å². The fourth-order valence-electron chi connectivity index (χ4n) is 5.59. The molecule has 4 N–H and O–H groups in total. The van der Waals surface area contributed by atoms with E-state index in [0.717, 1.165) is 15.7 Å². The number of rotatable bonds is 13. The van der Waals surface area contributed by atoms with Gasteiger partial charge in [-0.05, 0) is 54.8 Å². The van der Waals surface area contributed by atoms with E-state index in [2.05, 4.69) is 0 Å². The molecular formula is C35H36N6O4. The summed E-state index contributed by atoms with van der Waals surface area (Å²) in [5.41, 5.74) is 13.0. The molecule has 45 heavy (non-hydrogen) atoms. The summed E-state index contributed by atoms with van der Waals surface area (Å²) in [7, 11) is 0. The van der Waals surface area contributed by atoms with E-state index in [1.165, 1.54) is 14.3 Å². The number of nitrogens with two attached hydrogens (primary N) is 2. The van der Waals surface area contributed by atoms with Crippen LogP contribution < -0.4 is 22.8 Å². The first-order valence-electron chi connectivity index (χ1n) is 14.9. The second-order valence-electron chi connectivity index (χ2n) is 10.6. The van der Waals surface area contributed by atoms with Crippen LogP contribution in [0.25, 0.3) is 11.4 Å². The zero-order chi connectivity index (χ0) is 31.8. The van der Waals surface area contributed by atoms with Gasteiger partial charge in [-0.15, -0.1) is 0 Å². The molecular weight excluding hydrogens is 568 g/mol. The summed E-state index contributed by atoms with van der Waals surface area (Å²) in [6.07, 6.45) is 0.686. The Balaban J connectivity index is 1.60. The van der Waals surface area contributed by atoms with Crippen molar-refractivity contribution in [2.24, 2.45) is 11.5 Å². The molecule has 10 nitrogen and oxygen atoms in total. The topological polar surface area (TPSA) is 138 Å². The maximum Gasteiger partial charge on any atom is 0.352 e. The summed E-state index contributed by atoms with van der Waals surface area (Å²) in [5.74, 6) is -1.81. The quantitative estimate of drug-likeness (QED) is 0.213. The highest BCUT2D eigenvalue weighted by molar-refractivity contribution is 5.92. The third-order valence-corrected chi connectivity index (χ3v) is 7.77. The molecule has 1 heterocycles. The molecule has 0 radical (unpaired) electrons. The van der Waals surface area contributed by atoms with Crippen molar-refractivity contribution in [3.8, 4) is 11.4 Å². The van der Waals surface area contributed by atoms with Crippen molar-refractivity contribution in [1.82, 2.24) is 18.8 Å². The molecule has 5 aromatic rings. The Morgan fingerprint density at radius 3 is 1.49 bits per heavy atom. The number of aromatic nitrogens is 3. The molecule has 0 bridgehead atoms. The molecule has 4 aromatic carbocycles. The molecule has 0 aliphatic heterocycles. The summed E-state index contributed by atoms with van der Waals surface area (Å²) in [5, 5.41) is 0. The van der Waals surface area contributed by atoms with Crippen LogP contribution in [-0.4, -0.2) is 49.8 Å². The lowest BCUT2D eigenvalue weighted by atomic mass is 9.89. The average Bonchev–Trinajstić information content (AvgIpc) is 3.32. The number of carbonyl (C=O) groups excluding carboxylic acids is 2. The highest BCUT2D eigenvalue weighted by atomic mass is 16.2. The van der Waals surface area contributed by atoms with Crippen LogP contribution in [0.2, 0.25) is 0 Å². The van der Waals surface area contributed by atoms with Gasteiger partial charge in [0.1, 0.15) is 6.04 Å². The van der Waals surface area contributed by atoms with E-state index in [1.807, 2.05) is 72.8 Å². The van der Waals surface area contributed by atoms with Gasteiger partial charge in [-0.25, -0.2) is 14.2 Å². The number of nitrogens with zero attached hydrogens (tertiary/aromatic N) is 4. The van der Waals surface area contributed by atoms with E-state index in [0.29, 0.717) is 24.3 Å². The van der Waals surface area contributed by atoms with Crippen molar-refractivity contribution < 1.29 is 9.59 Å². The molecule has 0 saturated heterocycles. The van der Waals surface area contributed by atoms with Crippen molar-refractivity contribution >= 4 is 11.8 Å². The summed E-state index contributed by atoms with van der Waals surface area (Å²) in [6.45, 7) is 0.0163. The van der Waals surface area contributed by atoms with E-state index >= 15 is 0 Å². The standard InChI is InChI=1S/C35H36N6O4/c36-23-13-22-30(32(37)42)38(33(43)31(26-14-5-1-6-15-26)27-16-7-2-8-17-27)24-25-39-34(44)40(28-18-9-3-10-19-28)41(35(39)45)29-20-11-4-12-21-29/h1-12,14-21,30-31H,13,22-25,36H2,(H2,37,42)/t30-/m1/s1. The molecule has 230 valence electrons. The molecule has 0 fully saturated rings. The monoisotopic (exact) mass is 604 g/mol. The largest absolute Gasteiger partial charge is 0.368 e. The van der Waals surface area contributed by atoms with E-state index in [1.54, 1.807) is 48.5 Å². The molecule has 0 unspecified atom stereocenters. The van der Waals surface area contributed by atoms with Crippen LogP contribution in [0, 0.1) is 0 Å². The first-order valence-corrected chi connectivity index (χ1v) is 14.9. The molecule has 2 amide bonds. The minimum Gasteiger partial charge on any atom is -0.368 e. The Morgan fingerprint density at radius 2 is 1.09 bits per heavy atom. The Hall–Kier alpha value is -5.48. The van der Waals surface area contributed by atoms with Crippen LogP contribution in [0.15, 0.2) is 131 Å². The fourth-order valence-corrected chi connectivity index (χ4v) is 5.59. The van der Waals surface area contributed by atoms with Gasteiger partial charge in [0.2, 0.25) is 11.8 Å². The van der Waals surface area contributed by atoms with E-state index in [-0.39, 0.29) is 25.4 Å². The number of primary amides is 1. The summed E-state index contributed by atoms with van der Waals surface area (Å²) in [4.78, 5) is 56.7. The lowest BCUT2D eigenvalue weighted by molar-refractivity contribution is -0.140. The van der Waals surface area contributed by atoms with Gasteiger partial charge in [0.05, 0.1) is 23.8 Å². The van der Waals surface area contributed by atoms with Crippen molar-refractivity contribution in [3.05, 3.63) is 153 Å². The van der Waals surface area contributed by atoms with Crippen molar-refractivity contribution in [3.63, 3.8) is 0 Å². The van der Waals surface area contributed by atoms with E-state index in [4.69, 9.17) is 11.5 Å². The summed E-state index contributed by atoms with van der Waals surface area (Å²) < 4.78 is 3.70. The smallest absolute Gasteiger partial charge is 0.352 e. The van der Waals surface area contributed by atoms with Crippen molar-refractivity contribution in [2.75, 3.05) is 13.1 Å². The predicted molar refractivity (Wildman–Crippen MR) is 173 cm³/mol. The maximum absolute atomic E-state index is 14.6. The lowest BCUT2D eigenvalue weighted by Crippen LogP contribution is -2.51. The van der Waals surface area contributed by atoms with Crippen LogP contribution in [0.3, 0.4) is 0 Å². The zero-order valence-electron chi connectivity index (χ0n) is 24.8. The first kappa shape index (κ1) is 31.0. The van der Waals surface area contributed by atoms with Crippen molar-refractivity contribution in [1.29, 1.82) is 0 Å². The van der Waals surface area contributed by atoms with E-state index in [9.17, 15) is 19.2 Å². The number of hydrogen-bond acceptors (Lipinski definition) is 5. The average molecular weight is 605 g/mol. The van der Waals surface area contributed by atoms with Gasteiger partial charge in [0.15, 0.2) is 0 Å². The zero-order valence-corrected chi connectivity index (χ0v) is 24.8. The highest BCUT2D eigenvalue weighted by Gasteiger charge is 2.34. The predicted octanol–water partition coefficient (Wildman–Crippen LogP) is 3.04. The molecule has 10 heteroatoms. The molecule has 0 saturated carbocycles. The minimum atomic E-state index is -1.00. The second kappa shape index (κ2) is 14.3. The SMILES string of the molecule is NCCC[C@H](C(N)=O)N(CCn1c(=O)n(-c2ccccc2)n(-c2ccccc2)c1=O)C(=O)C(c1ccccc1)c1ccccc1. The van der Waals surface area contributed by atoms with Gasteiger partial charge < -0.3 is 16.4 Å². The Kier molecular flexibility index (Phi) is 9.86. The molecule has 1 atom stereocenters. The van der Waals surface area contributed by atoms with Gasteiger partial charge >= 0.3 is 11.4 Å². The number of para-hydroxylation sites is 2. The summed E-state index contributed by atoms with van der Waals surface area (Å²) >= 11 is 0. The minimum absolute atomic E-state index is 0.115. The number of carbonyl (C=O) groups is 2. The molecule has 1 aromatic heterocycles. The Morgan fingerprint density at radius 1 is 0.667 bits per heavy atom. The van der Waals surface area contributed by atoms with Gasteiger partial charge in [0, 0.05) is 6.54 Å². The van der Waals surface area contributed by atoms with Crippen LogP contribution in [0.4, 0.5) is 0 Å². The third-order valence-electron chi connectivity index (χ3n) is 7.77. The number of benzene rings is 4. The second-order valence-corrected chi connectivity index (χ2v) is 10.6. The van der Waals surface area contributed by atoms with Gasteiger partial charge in [0.25, 0.3) is 0 Å².